The third-order valence-corrected chi connectivity index (χ3v) is 9.07. The molecule has 220 valence electrons. The van der Waals surface area contributed by atoms with E-state index in [1.54, 1.807) is 13.0 Å². The van der Waals surface area contributed by atoms with E-state index in [0.717, 1.165) is 43.1 Å². The number of alkyl halides is 3. The van der Waals surface area contributed by atoms with Crippen LogP contribution in [-0.2, 0) is 19.6 Å². The highest BCUT2D eigenvalue weighted by Crippen LogP contribution is 2.40. The number of carbonyl (C=O) groups is 2. The Hall–Kier alpha value is -3.43. The van der Waals surface area contributed by atoms with Crippen molar-refractivity contribution in [1.82, 2.24) is 4.98 Å². The molecule has 1 aliphatic rings. The van der Waals surface area contributed by atoms with Crippen LogP contribution in [0.1, 0.15) is 31.4 Å². The number of hydrogen-bond donors (Lipinski definition) is 2. The minimum atomic E-state index is -5.45. The quantitative estimate of drug-likeness (QED) is 0.169. The van der Waals surface area contributed by atoms with Crippen LogP contribution in [0.25, 0.3) is 10.4 Å². The number of amides is 1. The molecule has 0 spiro atoms. The Labute approximate surface area is 240 Å². The predicted molar refractivity (Wildman–Crippen MR) is 143 cm³/mol. The Balaban J connectivity index is 1.65. The third-order valence-electron chi connectivity index (χ3n) is 6.19. The minimum Gasteiger partial charge on any atom is -0.495 e. The molecule has 1 fully saturated rings. The van der Waals surface area contributed by atoms with Crippen molar-refractivity contribution in [2.75, 3.05) is 17.1 Å². The van der Waals surface area contributed by atoms with Crippen LogP contribution in [0.4, 0.5) is 28.4 Å². The summed E-state index contributed by atoms with van der Waals surface area (Å²) >= 11 is 7.08. The number of nitrogens with one attached hydrogen (secondary N) is 2. The number of anilines is 2. The summed E-state index contributed by atoms with van der Waals surface area (Å²) in [6, 6.07) is 5.66. The summed E-state index contributed by atoms with van der Waals surface area (Å²) in [6.07, 6.45) is -1.87. The molecular weight excluding hydrogens is 614 g/mol. The highest BCUT2D eigenvalue weighted by Gasteiger charge is 2.42. The van der Waals surface area contributed by atoms with E-state index in [-0.39, 0.29) is 17.6 Å². The smallest absolute Gasteiger partial charge is 0.491 e. The van der Waals surface area contributed by atoms with Crippen LogP contribution in [-0.4, -0.2) is 38.6 Å². The van der Waals surface area contributed by atoms with Crippen molar-refractivity contribution in [2.45, 2.75) is 43.7 Å². The maximum atomic E-state index is 14.1. The van der Waals surface area contributed by atoms with Crippen LogP contribution in [0.5, 0.6) is 11.5 Å². The van der Waals surface area contributed by atoms with E-state index in [2.05, 4.69) is 19.8 Å². The van der Waals surface area contributed by atoms with Gasteiger partial charge in [0.05, 0.1) is 23.4 Å². The van der Waals surface area contributed by atoms with Crippen molar-refractivity contribution in [2.24, 2.45) is 5.92 Å². The van der Waals surface area contributed by atoms with Crippen molar-refractivity contribution in [1.29, 1.82) is 0 Å². The first kappa shape index (κ1) is 30.5. The van der Waals surface area contributed by atoms with Crippen LogP contribution < -0.4 is 19.5 Å². The van der Waals surface area contributed by atoms with Crippen LogP contribution in [0.2, 0.25) is 5.02 Å². The fourth-order valence-electron chi connectivity index (χ4n) is 4.20. The second-order valence-corrected chi connectivity index (χ2v) is 12.0. The van der Waals surface area contributed by atoms with Gasteiger partial charge in [0, 0.05) is 5.92 Å². The molecule has 0 saturated heterocycles. The molecule has 1 saturated carbocycles. The first-order chi connectivity index (χ1) is 19.2. The first-order valence-electron chi connectivity index (χ1n) is 12.0. The number of aromatic nitrogens is 1. The maximum Gasteiger partial charge on any atom is 0.491 e. The molecule has 0 unspecified atom stereocenters. The first-order valence-corrected chi connectivity index (χ1v) is 14.7. The largest absolute Gasteiger partial charge is 0.495 e. The lowest BCUT2D eigenvalue weighted by Gasteiger charge is -2.16. The number of thiazole rings is 1. The van der Waals surface area contributed by atoms with Crippen LogP contribution in [0.15, 0.2) is 35.2 Å². The van der Waals surface area contributed by atoms with Gasteiger partial charge in [-0.15, -0.1) is 0 Å². The number of carbonyl (C=O) groups excluding carboxylic acids is 2. The molecule has 1 aliphatic carbocycles. The zero-order chi connectivity index (χ0) is 30.1. The summed E-state index contributed by atoms with van der Waals surface area (Å²) in [4.78, 5) is 28.3. The second kappa shape index (κ2) is 11.8. The van der Waals surface area contributed by atoms with Crippen molar-refractivity contribution in [3.63, 3.8) is 0 Å². The van der Waals surface area contributed by atoms with Gasteiger partial charge in [-0.1, -0.05) is 35.8 Å². The summed E-state index contributed by atoms with van der Waals surface area (Å²) < 4.78 is 90.1. The topological polar surface area (TPSA) is 124 Å². The number of benzene rings is 2. The molecule has 0 aliphatic heterocycles. The van der Waals surface area contributed by atoms with Gasteiger partial charge in [-0.3, -0.25) is 9.52 Å². The Morgan fingerprint density at radius 2 is 1.83 bits per heavy atom. The normalized spacial score (nSPS) is 14.1. The molecule has 0 radical (unpaired) electrons. The highest BCUT2D eigenvalue weighted by atomic mass is 35.5. The monoisotopic (exact) mass is 635 g/mol. The van der Waals surface area contributed by atoms with Gasteiger partial charge in [0.1, 0.15) is 15.7 Å². The molecule has 16 heteroatoms. The van der Waals surface area contributed by atoms with Gasteiger partial charge in [-0.25, -0.2) is 22.6 Å². The zero-order valence-electron chi connectivity index (χ0n) is 21.4. The molecule has 1 heterocycles. The molecule has 3 aromatic rings. The summed E-state index contributed by atoms with van der Waals surface area (Å²) in [6.45, 7) is 1.69. The average Bonchev–Trinajstić information content (AvgIpc) is 3.57. The number of halogens is 5. The SMILES string of the molecule is COc1ccc(-c2sc(NC(=O)C3CCCC3)nc2C)cc1S(=O)(=O)Nc1ccc(F)c(OC(=O)C(F)(F)F)c1Cl. The summed E-state index contributed by atoms with van der Waals surface area (Å²) in [5, 5.41) is 2.25. The number of nitrogens with zero attached hydrogens (tertiary/aromatic N) is 1. The second-order valence-electron chi connectivity index (χ2n) is 9.00. The van der Waals surface area contributed by atoms with Crippen molar-refractivity contribution >= 4 is 55.7 Å². The number of ether oxygens (including phenoxy) is 2. The summed E-state index contributed by atoms with van der Waals surface area (Å²) in [7, 11) is -3.34. The van der Waals surface area contributed by atoms with E-state index in [1.807, 2.05) is 0 Å². The standard InChI is InChI=1S/C25H22ClF4N3O6S2/c1-12-21(40-24(31-12)32-22(34)13-5-3-4-6-13)14-7-10-17(38-2)18(11-14)41(36,37)33-16-9-8-15(27)20(19(16)26)39-23(35)25(28,29)30/h7-11,13,33H,3-6H2,1-2H3,(H,31,32,34). The molecule has 4 rings (SSSR count). The lowest BCUT2D eigenvalue weighted by Crippen LogP contribution is -2.28. The molecular formula is C25H22ClF4N3O6S2. The summed E-state index contributed by atoms with van der Waals surface area (Å²) in [5.74, 6) is -5.77. The summed E-state index contributed by atoms with van der Waals surface area (Å²) in [5.41, 5.74) is 0.375. The Kier molecular flexibility index (Phi) is 8.80. The maximum absolute atomic E-state index is 14.1. The molecule has 2 aromatic carbocycles. The van der Waals surface area contributed by atoms with E-state index in [4.69, 9.17) is 16.3 Å². The van der Waals surface area contributed by atoms with E-state index in [1.165, 1.54) is 19.2 Å². The van der Waals surface area contributed by atoms with Gasteiger partial charge < -0.3 is 14.8 Å². The number of hydrogen-bond acceptors (Lipinski definition) is 8. The molecule has 0 bridgehead atoms. The Bertz CT molecular complexity index is 1610. The molecule has 1 amide bonds. The third kappa shape index (κ3) is 6.73. The zero-order valence-corrected chi connectivity index (χ0v) is 23.8. The minimum absolute atomic E-state index is 0.0813. The molecule has 9 nitrogen and oxygen atoms in total. The number of sulfonamides is 1. The van der Waals surface area contributed by atoms with Gasteiger partial charge in [0.25, 0.3) is 10.0 Å². The van der Waals surface area contributed by atoms with Gasteiger partial charge in [-0.05, 0) is 55.7 Å². The highest BCUT2D eigenvalue weighted by molar-refractivity contribution is 7.92. The number of aryl methyl sites for hydroxylation is 1. The number of esters is 1. The fraction of sp³-hybridized carbons (Fsp3) is 0.320. The van der Waals surface area contributed by atoms with Crippen LogP contribution >= 0.6 is 22.9 Å². The van der Waals surface area contributed by atoms with E-state index >= 15 is 0 Å². The number of rotatable bonds is 8. The van der Waals surface area contributed by atoms with Crippen molar-refractivity contribution < 1.29 is 45.0 Å². The average molecular weight is 636 g/mol. The molecule has 0 atom stereocenters. The van der Waals surface area contributed by atoms with Crippen molar-refractivity contribution in [3.05, 3.63) is 46.9 Å². The lowest BCUT2D eigenvalue weighted by atomic mass is 10.1. The van der Waals surface area contributed by atoms with Gasteiger partial charge in [0.15, 0.2) is 16.7 Å². The van der Waals surface area contributed by atoms with Crippen molar-refractivity contribution in [3.8, 4) is 21.9 Å². The van der Waals surface area contributed by atoms with E-state index in [0.29, 0.717) is 27.3 Å². The Morgan fingerprint density at radius 1 is 1.15 bits per heavy atom. The molecule has 41 heavy (non-hydrogen) atoms. The van der Waals surface area contributed by atoms with Crippen LogP contribution in [0, 0.1) is 18.7 Å². The van der Waals surface area contributed by atoms with Gasteiger partial charge >= 0.3 is 12.1 Å². The van der Waals surface area contributed by atoms with Gasteiger partial charge in [-0.2, -0.15) is 13.2 Å². The predicted octanol–water partition coefficient (Wildman–Crippen LogP) is 6.32. The number of methoxy groups -OCH3 is 1. The van der Waals surface area contributed by atoms with E-state index in [9.17, 15) is 35.6 Å². The molecule has 1 aromatic heterocycles. The fourth-order valence-corrected chi connectivity index (χ4v) is 6.73. The van der Waals surface area contributed by atoms with Crippen LogP contribution in [0.3, 0.4) is 0 Å². The van der Waals surface area contributed by atoms with Gasteiger partial charge in [0.2, 0.25) is 5.91 Å². The molecule has 2 N–H and O–H groups in total. The Morgan fingerprint density at radius 3 is 2.46 bits per heavy atom. The van der Waals surface area contributed by atoms with E-state index < -0.39 is 49.3 Å². The lowest BCUT2D eigenvalue weighted by molar-refractivity contribution is -0.189.